The molecule has 4 heteroatoms. The summed E-state index contributed by atoms with van der Waals surface area (Å²) < 4.78 is 10.0. The van der Waals surface area contributed by atoms with Crippen molar-refractivity contribution < 1.29 is 14.3 Å². The van der Waals surface area contributed by atoms with Crippen LogP contribution in [0, 0.1) is 0 Å². The van der Waals surface area contributed by atoms with Gasteiger partial charge in [0.05, 0.1) is 5.52 Å². The molecule has 0 aliphatic heterocycles. The fraction of sp³-hybridized carbons (Fsp3) is 0.0714. The molecule has 2 aromatic carbocycles. The van der Waals surface area contributed by atoms with E-state index in [9.17, 15) is 4.79 Å². The molecule has 0 saturated heterocycles. The number of H-pyrrole nitrogens is 1. The van der Waals surface area contributed by atoms with Gasteiger partial charge in [-0.1, -0.05) is 24.3 Å². The molecule has 0 radical (unpaired) electrons. The molecule has 0 bridgehead atoms. The molecule has 0 atom stereocenters. The standard InChI is InChI=1S/C14H11NO3/c16-8-17-9-18-13-7-3-6-12-14(13)10-4-1-2-5-11(10)15-12/h1-8,15H,9H2. The van der Waals surface area contributed by atoms with Crippen LogP contribution < -0.4 is 4.74 Å². The summed E-state index contributed by atoms with van der Waals surface area (Å²) in [5.74, 6) is 0.701. The fourth-order valence-electron chi connectivity index (χ4n) is 2.11. The minimum Gasteiger partial charge on any atom is -0.457 e. The number of benzene rings is 2. The Morgan fingerprint density at radius 2 is 1.89 bits per heavy atom. The molecule has 0 fully saturated rings. The maximum Gasteiger partial charge on any atom is 0.295 e. The van der Waals surface area contributed by atoms with Crippen molar-refractivity contribution in [2.24, 2.45) is 0 Å². The molecule has 0 amide bonds. The molecule has 90 valence electrons. The molecule has 1 heterocycles. The molecule has 1 N–H and O–H groups in total. The molecule has 0 aliphatic rings. The van der Waals surface area contributed by atoms with Crippen molar-refractivity contribution in [1.29, 1.82) is 0 Å². The summed E-state index contributed by atoms with van der Waals surface area (Å²) in [4.78, 5) is 13.4. The molecule has 0 aliphatic carbocycles. The third-order valence-corrected chi connectivity index (χ3v) is 2.84. The lowest BCUT2D eigenvalue weighted by Crippen LogP contribution is -2.00. The predicted octanol–water partition coefficient (Wildman–Crippen LogP) is 2.83. The van der Waals surface area contributed by atoms with Crippen molar-refractivity contribution in [3.8, 4) is 5.75 Å². The van der Waals surface area contributed by atoms with Crippen LogP contribution in [0.25, 0.3) is 21.8 Å². The van der Waals surface area contributed by atoms with Crippen molar-refractivity contribution in [1.82, 2.24) is 4.98 Å². The van der Waals surface area contributed by atoms with Gasteiger partial charge in [0.2, 0.25) is 6.79 Å². The zero-order chi connectivity index (χ0) is 12.4. The van der Waals surface area contributed by atoms with E-state index in [-0.39, 0.29) is 6.79 Å². The number of rotatable bonds is 4. The summed E-state index contributed by atoms with van der Waals surface area (Å²) in [6, 6.07) is 13.7. The van der Waals surface area contributed by atoms with E-state index in [2.05, 4.69) is 9.72 Å². The van der Waals surface area contributed by atoms with Gasteiger partial charge in [0.15, 0.2) is 0 Å². The second-order valence-electron chi connectivity index (χ2n) is 3.87. The van der Waals surface area contributed by atoms with Crippen molar-refractivity contribution in [3.05, 3.63) is 42.5 Å². The van der Waals surface area contributed by atoms with Gasteiger partial charge in [-0.25, -0.2) is 0 Å². The number of hydrogen-bond acceptors (Lipinski definition) is 3. The number of ether oxygens (including phenoxy) is 2. The van der Waals surface area contributed by atoms with Crippen molar-refractivity contribution in [2.45, 2.75) is 0 Å². The van der Waals surface area contributed by atoms with Crippen LogP contribution in [-0.4, -0.2) is 18.2 Å². The van der Waals surface area contributed by atoms with Gasteiger partial charge in [-0.05, 0) is 18.2 Å². The van der Waals surface area contributed by atoms with Gasteiger partial charge < -0.3 is 14.5 Å². The third-order valence-electron chi connectivity index (χ3n) is 2.84. The summed E-state index contributed by atoms with van der Waals surface area (Å²) in [5, 5.41) is 2.09. The summed E-state index contributed by atoms with van der Waals surface area (Å²) in [7, 11) is 0. The predicted molar refractivity (Wildman–Crippen MR) is 68.4 cm³/mol. The van der Waals surface area contributed by atoms with E-state index < -0.39 is 0 Å². The minimum atomic E-state index is -0.0812. The number of hydrogen-bond donors (Lipinski definition) is 1. The van der Waals surface area contributed by atoms with Gasteiger partial charge in [-0.3, -0.25) is 4.79 Å². The van der Waals surface area contributed by atoms with Gasteiger partial charge >= 0.3 is 0 Å². The average Bonchev–Trinajstić information content (AvgIpc) is 2.78. The molecule has 18 heavy (non-hydrogen) atoms. The molecule has 0 saturated carbocycles. The molecular weight excluding hydrogens is 230 g/mol. The lowest BCUT2D eigenvalue weighted by atomic mass is 10.1. The maximum absolute atomic E-state index is 10.1. The van der Waals surface area contributed by atoms with Gasteiger partial charge in [-0.2, -0.15) is 0 Å². The number of aromatic amines is 1. The smallest absolute Gasteiger partial charge is 0.295 e. The van der Waals surface area contributed by atoms with E-state index in [4.69, 9.17) is 4.74 Å². The first-order valence-corrected chi connectivity index (χ1v) is 5.57. The summed E-state index contributed by atoms with van der Waals surface area (Å²) in [5.41, 5.74) is 2.06. The third kappa shape index (κ3) is 1.68. The van der Waals surface area contributed by atoms with Gasteiger partial charge in [-0.15, -0.1) is 0 Å². The van der Waals surface area contributed by atoms with Crippen LogP contribution in [-0.2, 0) is 9.53 Å². The van der Waals surface area contributed by atoms with E-state index in [0.29, 0.717) is 12.2 Å². The Morgan fingerprint density at radius 1 is 1.06 bits per heavy atom. The zero-order valence-electron chi connectivity index (χ0n) is 9.55. The first kappa shape index (κ1) is 10.7. The normalized spacial score (nSPS) is 10.7. The number of nitrogens with one attached hydrogen (secondary N) is 1. The van der Waals surface area contributed by atoms with Gasteiger partial charge in [0.1, 0.15) is 5.75 Å². The number of fused-ring (bicyclic) bond motifs is 3. The second-order valence-corrected chi connectivity index (χ2v) is 3.87. The molecule has 0 unspecified atom stereocenters. The highest BCUT2D eigenvalue weighted by atomic mass is 16.7. The first-order valence-electron chi connectivity index (χ1n) is 5.57. The van der Waals surface area contributed by atoms with Crippen LogP contribution in [0.3, 0.4) is 0 Å². The van der Waals surface area contributed by atoms with Crippen molar-refractivity contribution >= 4 is 28.3 Å². The fourth-order valence-corrected chi connectivity index (χ4v) is 2.11. The van der Waals surface area contributed by atoms with E-state index in [1.165, 1.54) is 0 Å². The summed E-state index contributed by atoms with van der Waals surface area (Å²) in [6.45, 7) is 0.289. The molecule has 3 aromatic rings. The van der Waals surface area contributed by atoms with E-state index in [0.717, 1.165) is 21.8 Å². The lowest BCUT2D eigenvalue weighted by Gasteiger charge is -2.05. The highest BCUT2D eigenvalue weighted by molar-refractivity contribution is 6.10. The Labute approximate surface area is 103 Å². The summed E-state index contributed by atoms with van der Waals surface area (Å²) in [6.07, 6.45) is 0. The number of para-hydroxylation sites is 1. The van der Waals surface area contributed by atoms with Crippen LogP contribution in [0.5, 0.6) is 5.75 Å². The zero-order valence-corrected chi connectivity index (χ0v) is 9.55. The number of carbonyl (C=O) groups excluding carboxylic acids is 1. The van der Waals surface area contributed by atoms with Crippen LogP contribution in [0.15, 0.2) is 42.5 Å². The average molecular weight is 241 g/mol. The van der Waals surface area contributed by atoms with Crippen LogP contribution in [0.1, 0.15) is 0 Å². The van der Waals surface area contributed by atoms with Gasteiger partial charge in [0.25, 0.3) is 6.47 Å². The first-order chi connectivity index (χ1) is 8.90. The molecule has 0 spiro atoms. The van der Waals surface area contributed by atoms with Gasteiger partial charge in [0, 0.05) is 16.3 Å². The maximum atomic E-state index is 10.1. The Morgan fingerprint density at radius 3 is 2.78 bits per heavy atom. The van der Waals surface area contributed by atoms with Crippen LogP contribution >= 0.6 is 0 Å². The number of carbonyl (C=O) groups is 1. The topological polar surface area (TPSA) is 51.3 Å². The number of aromatic nitrogens is 1. The monoisotopic (exact) mass is 241 g/mol. The molecule has 4 nitrogen and oxygen atoms in total. The Bertz CT molecular complexity index is 702. The molecular formula is C14H11NO3. The lowest BCUT2D eigenvalue weighted by molar-refractivity contribution is -0.134. The Kier molecular flexibility index (Phi) is 2.61. The quantitative estimate of drug-likeness (QED) is 0.434. The Hall–Kier alpha value is -2.49. The molecule has 3 rings (SSSR count). The van der Waals surface area contributed by atoms with Crippen molar-refractivity contribution in [3.63, 3.8) is 0 Å². The van der Waals surface area contributed by atoms with E-state index in [1.54, 1.807) is 0 Å². The van der Waals surface area contributed by atoms with Crippen LogP contribution in [0.4, 0.5) is 0 Å². The Balaban J connectivity index is 2.15. The SMILES string of the molecule is O=COCOc1cccc2[nH]c3ccccc3c12. The summed E-state index contributed by atoms with van der Waals surface area (Å²) >= 11 is 0. The van der Waals surface area contributed by atoms with E-state index in [1.807, 2.05) is 42.5 Å². The highest BCUT2D eigenvalue weighted by Crippen LogP contribution is 2.32. The largest absolute Gasteiger partial charge is 0.457 e. The molecule has 1 aromatic heterocycles. The highest BCUT2D eigenvalue weighted by Gasteiger charge is 2.08. The second kappa shape index (κ2) is 4.41. The van der Waals surface area contributed by atoms with Crippen LogP contribution in [0.2, 0.25) is 0 Å². The minimum absolute atomic E-state index is 0.0812. The van der Waals surface area contributed by atoms with Crippen molar-refractivity contribution in [2.75, 3.05) is 6.79 Å². The van der Waals surface area contributed by atoms with E-state index >= 15 is 0 Å².